The van der Waals surface area contributed by atoms with Crippen molar-refractivity contribution < 1.29 is 9.72 Å². The second-order valence-electron chi connectivity index (χ2n) is 4.45. The number of nitrogens with one attached hydrogen (secondary N) is 1. The summed E-state index contributed by atoms with van der Waals surface area (Å²) in [5.41, 5.74) is 1.25. The Balaban J connectivity index is 2.07. The van der Waals surface area contributed by atoms with E-state index in [1.807, 2.05) is 0 Å². The standard InChI is InChI=1S/C14H14N4O3/c1-17(10-11-8-15-16-9-11)14(19)7-6-12-4-2-3-5-13(12)18(20)21/h2-9H,10H2,1H3,(H,15,16). The number of hydrogen-bond acceptors (Lipinski definition) is 4. The lowest BCUT2D eigenvalue weighted by Gasteiger charge is -2.13. The van der Waals surface area contributed by atoms with Gasteiger partial charge in [-0.3, -0.25) is 20.0 Å². The summed E-state index contributed by atoms with van der Waals surface area (Å²) < 4.78 is 0. The first-order valence-electron chi connectivity index (χ1n) is 6.22. The van der Waals surface area contributed by atoms with Gasteiger partial charge in [-0.05, 0) is 12.1 Å². The maximum atomic E-state index is 12.0. The second-order valence-corrected chi connectivity index (χ2v) is 4.45. The summed E-state index contributed by atoms with van der Waals surface area (Å²) in [6, 6.07) is 6.27. The molecule has 1 N–H and O–H groups in total. The van der Waals surface area contributed by atoms with Gasteiger partial charge in [-0.25, -0.2) is 0 Å². The van der Waals surface area contributed by atoms with Crippen LogP contribution in [0, 0.1) is 10.1 Å². The van der Waals surface area contributed by atoms with Crippen LogP contribution in [0.1, 0.15) is 11.1 Å². The summed E-state index contributed by atoms with van der Waals surface area (Å²) in [6.07, 6.45) is 6.11. The maximum Gasteiger partial charge on any atom is 0.276 e. The third kappa shape index (κ3) is 3.75. The molecule has 7 nitrogen and oxygen atoms in total. The Labute approximate surface area is 121 Å². The van der Waals surface area contributed by atoms with E-state index in [1.165, 1.54) is 23.1 Å². The van der Waals surface area contributed by atoms with Crippen LogP contribution < -0.4 is 0 Å². The summed E-state index contributed by atoms with van der Waals surface area (Å²) in [5, 5.41) is 17.4. The summed E-state index contributed by atoms with van der Waals surface area (Å²) in [7, 11) is 1.65. The van der Waals surface area contributed by atoms with Crippen molar-refractivity contribution in [1.82, 2.24) is 15.1 Å². The number of aromatic amines is 1. The van der Waals surface area contributed by atoms with Crippen molar-refractivity contribution in [3.05, 3.63) is 64.0 Å². The van der Waals surface area contributed by atoms with E-state index >= 15 is 0 Å². The average molecular weight is 286 g/mol. The number of para-hydroxylation sites is 1. The number of nitrogens with zero attached hydrogens (tertiary/aromatic N) is 3. The zero-order valence-corrected chi connectivity index (χ0v) is 11.4. The Bertz CT molecular complexity index is 665. The van der Waals surface area contributed by atoms with Crippen molar-refractivity contribution in [2.75, 3.05) is 7.05 Å². The van der Waals surface area contributed by atoms with Gasteiger partial charge in [-0.1, -0.05) is 12.1 Å². The van der Waals surface area contributed by atoms with Crippen molar-refractivity contribution in [2.45, 2.75) is 6.54 Å². The van der Waals surface area contributed by atoms with E-state index in [-0.39, 0.29) is 11.6 Å². The molecule has 7 heteroatoms. The zero-order valence-electron chi connectivity index (χ0n) is 11.4. The number of aromatic nitrogens is 2. The smallest absolute Gasteiger partial charge is 0.276 e. The first-order valence-corrected chi connectivity index (χ1v) is 6.22. The van der Waals surface area contributed by atoms with Crippen LogP contribution in [-0.4, -0.2) is 33.0 Å². The summed E-state index contributed by atoms with van der Waals surface area (Å²) >= 11 is 0. The van der Waals surface area contributed by atoms with Gasteiger partial charge in [0.25, 0.3) is 5.69 Å². The summed E-state index contributed by atoms with van der Waals surface area (Å²) in [5.74, 6) is -0.241. The van der Waals surface area contributed by atoms with Crippen molar-refractivity contribution in [3.8, 4) is 0 Å². The Kier molecular flexibility index (Phi) is 4.45. The van der Waals surface area contributed by atoms with Gasteiger partial charge in [0, 0.05) is 37.5 Å². The highest BCUT2D eigenvalue weighted by molar-refractivity contribution is 5.92. The van der Waals surface area contributed by atoms with Crippen LogP contribution in [-0.2, 0) is 11.3 Å². The van der Waals surface area contributed by atoms with Crippen LogP contribution in [0.25, 0.3) is 6.08 Å². The van der Waals surface area contributed by atoms with Gasteiger partial charge < -0.3 is 4.90 Å². The molecule has 1 aromatic heterocycles. The highest BCUT2D eigenvalue weighted by atomic mass is 16.6. The Morgan fingerprint density at radius 3 is 2.90 bits per heavy atom. The normalized spacial score (nSPS) is 10.7. The molecule has 0 aliphatic rings. The van der Waals surface area contributed by atoms with E-state index in [1.54, 1.807) is 37.6 Å². The van der Waals surface area contributed by atoms with Crippen molar-refractivity contribution >= 4 is 17.7 Å². The number of hydrogen-bond donors (Lipinski definition) is 1. The molecule has 2 rings (SSSR count). The predicted molar refractivity (Wildman–Crippen MR) is 77.2 cm³/mol. The lowest BCUT2D eigenvalue weighted by molar-refractivity contribution is -0.385. The molecule has 21 heavy (non-hydrogen) atoms. The van der Waals surface area contributed by atoms with Crippen LogP contribution in [0.5, 0.6) is 0 Å². The maximum absolute atomic E-state index is 12.0. The van der Waals surface area contributed by atoms with E-state index in [0.29, 0.717) is 12.1 Å². The molecule has 108 valence electrons. The third-order valence-corrected chi connectivity index (χ3v) is 2.89. The molecule has 0 aliphatic heterocycles. The molecule has 0 unspecified atom stereocenters. The molecular weight excluding hydrogens is 272 g/mol. The molecule has 0 spiro atoms. The number of carbonyl (C=O) groups is 1. The van der Waals surface area contributed by atoms with E-state index in [2.05, 4.69) is 10.2 Å². The van der Waals surface area contributed by atoms with Crippen LogP contribution in [0.3, 0.4) is 0 Å². The summed E-state index contributed by atoms with van der Waals surface area (Å²) in [4.78, 5) is 23.9. The number of nitro groups is 1. The molecule has 0 atom stereocenters. The van der Waals surface area contributed by atoms with Crippen LogP contribution in [0.4, 0.5) is 5.69 Å². The van der Waals surface area contributed by atoms with Crippen molar-refractivity contribution in [3.63, 3.8) is 0 Å². The average Bonchev–Trinajstić information content (AvgIpc) is 2.97. The Morgan fingerprint density at radius 1 is 1.48 bits per heavy atom. The fourth-order valence-corrected chi connectivity index (χ4v) is 1.80. The molecule has 2 aromatic rings. The van der Waals surface area contributed by atoms with E-state index < -0.39 is 4.92 Å². The first-order chi connectivity index (χ1) is 10.1. The van der Waals surface area contributed by atoms with Gasteiger partial charge >= 0.3 is 0 Å². The number of likely N-dealkylation sites (N-methyl/N-ethyl adjacent to an activating group) is 1. The van der Waals surface area contributed by atoms with E-state index in [0.717, 1.165) is 5.56 Å². The van der Waals surface area contributed by atoms with Gasteiger partial charge in [0.15, 0.2) is 0 Å². The lowest BCUT2D eigenvalue weighted by Crippen LogP contribution is -2.23. The largest absolute Gasteiger partial charge is 0.338 e. The molecule has 1 amide bonds. The van der Waals surface area contributed by atoms with Gasteiger partial charge in [0.1, 0.15) is 0 Å². The van der Waals surface area contributed by atoms with Crippen molar-refractivity contribution in [2.24, 2.45) is 0 Å². The minimum atomic E-state index is -0.473. The monoisotopic (exact) mass is 286 g/mol. The van der Waals surface area contributed by atoms with Crippen LogP contribution in [0.2, 0.25) is 0 Å². The highest BCUT2D eigenvalue weighted by Gasteiger charge is 2.11. The fourth-order valence-electron chi connectivity index (χ4n) is 1.80. The SMILES string of the molecule is CN(Cc1cn[nH]c1)C(=O)C=Cc1ccccc1[N+](=O)[O-]. The van der Waals surface area contributed by atoms with Crippen molar-refractivity contribution in [1.29, 1.82) is 0 Å². The molecule has 1 heterocycles. The molecular formula is C14H14N4O3. The topological polar surface area (TPSA) is 92.1 Å². The first kappa shape index (κ1) is 14.4. The second kappa shape index (κ2) is 6.47. The quantitative estimate of drug-likeness (QED) is 0.517. The molecule has 0 bridgehead atoms. The zero-order chi connectivity index (χ0) is 15.2. The minimum absolute atomic E-state index is 0.0287. The molecule has 0 saturated heterocycles. The number of amides is 1. The Hall–Kier alpha value is -2.96. The molecule has 1 aromatic carbocycles. The van der Waals surface area contributed by atoms with E-state index in [9.17, 15) is 14.9 Å². The number of nitro benzene ring substituents is 1. The van der Waals surface area contributed by atoms with Crippen LogP contribution >= 0.6 is 0 Å². The highest BCUT2D eigenvalue weighted by Crippen LogP contribution is 2.19. The van der Waals surface area contributed by atoms with E-state index in [4.69, 9.17) is 0 Å². The predicted octanol–water partition coefficient (Wildman–Crippen LogP) is 1.99. The number of benzene rings is 1. The third-order valence-electron chi connectivity index (χ3n) is 2.89. The van der Waals surface area contributed by atoms with Gasteiger partial charge in [0.2, 0.25) is 5.91 Å². The summed E-state index contributed by atoms with van der Waals surface area (Å²) in [6.45, 7) is 0.413. The molecule has 0 saturated carbocycles. The molecule has 0 fully saturated rings. The minimum Gasteiger partial charge on any atom is -0.338 e. The number of rotatable bonds is 5. The fraction of sp³-hybridized carbons (Fsp3) is 0.143. The number of H-pyrrole nitrogens is 1. The Morgan fingerprint density at radius 2 is 2.24 bits per heavy atom. The van der Waals surface area contributed by atoms with Crippen LogP contribution in [0.15, 0.2) is 42.7 Å². The molecule has 0 radical (unpaired) electrons. The number of carbonyl (C=O) groups excluding carboxylic acids is 1. The van der Waals surface area contributed by atoms with Gasteiger partial charge in [-0.15, -0.1) is 0 Å². The lowest BCUT2D eigenvalue weighted by atomic mass is 10.1. The molecule has 0 aliphatic carbocycles. The van der Waals surface area contributed by atoms with Gasteiger partial charge in [-0.2, -0.15) is 5.10 Å². The van der Waals surface area contributed by atoms with Gasteiger partial charge in [0.05, 0.1) is 16.7 Å².